The van der Waals surface area contributed by atoms with Crippen molar-refractivity contribution < 1.29 is 13.9 Å². The van der Waals surface area contributed by atoms with E-state index in [-0.39, 0.29) is 17.8 Å². The molecule has 8 nitrogen and oxygen atoms in total. The highest BCUT2D eigenvalue weighted by atomic mass is 19.1. The van der Waals surface area contributed by atoms with Crippen molar-refractivity contribution in [1.82, 2.24) is 25.0 Å². The molecule has 2 aromatic rings. The molecule has 1 aliphatic heterocycles. The van der Waals surface area contributed by atoms with E-state index >= 15 is 0 Å². The van der Waals surface area contributed by atoms with E-state index in [1.165, 1.54) is 24.8 Å². The van der Waals surface area contributed by atoms with Gasteiger partial charge >= 0.3 is 6.03 Å². The molecule has 9 heteroatoms. The molecule has 0 bridgehead atoms. The summed E-state index contributed by atoms with van der Waals surface area (Å²) in [6, 6.07) is 4.13. The number of amides is 2. The largest absolute Gasteiger partial charge is 0.378 e. The Kier molecular flexibility index (Phi) is 5.48. The maximum atomic E-state index is 14.1. The molecular weight excluding hydrogens is 339 g/mol. The third-order valence-corrected chi connectivity index (χ3v) is 4.56. The van der Waals surface area contributed by atoms with Crippen LogP contribution in [0.3, 0.4) is 0 Å². The minimum Gasteiger partial charge on any atom is -0.378 e. The molecule has 2 N–H and O–H groups in total. The van der Waals surface area contributed by atoms with Crippen LogP contribution < -0.4 is 10.6 Å². The van der Waals surface area contributed by atoms with Crippen molar-refractivity contribution in [2.24, 2.45) is 0 Å². The number of halogens is 1. The highest BCUT2D eigenvalue weighted by molar-refractivity contribution is 5.90. The van der Waals surface area contributed by atoms with Crippen molar-refractivity contribution in [2.75, 3.05) is 25.5 Å². The standard InChI is InChI=1S/C17H23FN6O2/c1-11(2)23-7-15(16(8-23)26-3)22-17(25)21-14-6-12(4-5-13(14)18)24-9-19-20-10-24/h4-6,9-11,15-16H,7-8H2,1-3H3,(H2,21,22,25)/t15-,16-/m0/s1. The van der Waals surface area contributed by atoms with Gasteiger partial charge in [-0.05, 0) is 32.0 Å². The fourth-order valence-electron chi connectivity index (χ4n) is 3.03. The molecule has 140 valence electrons. The first kappa shape index (κ1) is 18.3. The Bertz CT molecular complexity index is 752. The Hall–Kier alpha value is -2.52. The van der Waals surface area contributed by atoms with Gasteiger partial charge in [0, 0.05) is 26.2 Å². The first-order valence-corrected chi connectivity index (χ1v) is 8.47. The Labute approximate surface area is 151 Å². The highest BCUT2D eigenvalue weighted by Gasteiger charge is 2.35. The average Bonchev–Trinajstić information content (AvgIpc) is 3.26. The number of carbonyl (C=O) groups excluding carboxylic acids is 1. The van der Waals surface area contributed by atoms with Crippen LogP contribution in [0.15, 0.2) is 30.9 Å². The number of nitrogens with zero attached hydrogens (tertiary/aromatic N) is 4. The summed E-state index contributed by atoms with van der Waals surface area (Å²) in [7, 11) is 1.63. The number of anilines is 1. The third-order valence-electron chi connectivity index (χ3n) is 4.56. The van der Waals surface area contributed by atoms with Gasteiger partial charge in [0.05, 0.1) is 23.5 Å². The molecule has 0 saturated carbocycles. The molecule has 0 radical (unpaired) electrons. The van der Waals surface area contributed by atoms with E-state index in [0.717, 1.165) is 6.54 Å². The first-order valence-electron chi connectivity index (χ1n) is 8.47. The predicted molar refractivity (Wildman–Crippen MR) is 94.8 cm³/mol. The maximum absolute atomic E-state index is 14.1. The molecule has 26 heavy (non-hydrogen) atoms. The van der Waals surface area contributed by atoms with Crippen LogP contribution in [-0.4, -0.2) is 64.1 Å². The second kappa shape index (κ2) is 7.79. The zero-order valence-electron chi connectivity index (χ0n) is 15.0. The molecule has 0 aliphatic carbocycles. The molecule has 1 saturated heterocycles. The van der Waals surface area contributed by atoms with Crippen LogP contribution in [-0.2, 0) is 4.74 Å². The van der Waals surface area contributed by atoms with Crippen LogP contribution in [0.4, 0.5) is 14.9 Å². The number of hydrogen-bond donors (Lipinski definition) is 2. The number of hydrogen-bond acceptors (Lipinski definition) is 5. The molecule has 3 rings (SSSR count). The number of urea groups is 1. The molecule has 1 aromatic carbocycles. The van der Waals surface area contributed by atoms with Crippen molar-refractivity contribution in [3.63, 3.8) is 0 Å². The topological polar surface area (TPSA) is 84.3 Å². The number of benzene rings is 1. The van der Waals surface area contributed by atoms with E-state index in [1.54, 1.807) is 17.7 Å². The van der Waals surface area contributed by atoms with E-state index in [9.17, 15) is 9.18 Å². The number of likely N-dealkylation sites (tertiary alicyclic amines) is 1. The second-order valence-corrected chi connectivity index (χ2v) is 6.56. The zero-order chi connectivity index (χ0) is 18.7. The summed E-state index contributed by atoms with van der Waals surface area (Å²) in [5.74, 6) is -0.518. The molecule has 1 aliphatic rings. The molecule has 1 aromatic heterocycles. The molecular formula is C17H23FN6O2. The molecule has 1 fully saturated rings. The summed E-state index contributed by atoms with van der Waals surface area (Å²) < 4.78 is 21.2. The van der Waals surface area contributed by atoms with Crippen LogP contribution >= 0.6 is 0 Å². The highest BCUT2D eigenvalue weighted by Crippen LogP contribution is 2.20. The molecule has 2 atom stereocenters. The van der Waals surface area contributed by atoms with Crippen LogP contribution in [0.1, 0.15) is 13.8 Å². The fraction of sp³-hybridized carbons (Fsp3) is 0.471. The summed E-state index contributed by atoms with van der Waals surface area (Å²) in [5.41, 5.74) is 0.731. The van der Waals surface area contributed by atoms with Gasteiger partial charge in [0.2, 0.25) is 0 Å². The Morgan fingerprint density at radius 2 is 2.04 bits per heavy atom. The lowest BCUT2D eigenvalue weighted by Crippen LogP contribution is -2.45. The molecule has 0 unspecified atom stereocenters. The minimum absolute atomic E-state index is 0.0846. The Morgan fingerprint density at radius 3 is 2.69 bits per heavy atom. The second-order valence-electron chi connectivity index (χ2n) is 6.56. The van der Waals surface area contributed by atoms with E-state index in [4.69, 9.17) is 4.74 Å². The summed E-state index contributed by atoms with van der Waals surface area (Å²) in [5, 5.41) is 12.9. The van der Waals surface area contributed by atoms with Gasteiger partial charge in [0.1, 0.15) is 18.5 Å². The van der Waals surface area contributed by atoms with Gasteiger partial charge in [-0.1, -0.05) is 0 Å². The minimum atomic E-state index is -0.518. The third kappa shape index (κ3) is 4.00. The van der Waals surface area contributed by atoms with E-state index < -0.39 is 11.8 Å². The summed E-state index contributed by atoms with van der Waals surface area (Å²) >= 11 is 0. The van der Waals surface area contributed by atoms with Gasteiger partial charge in [0.15, 0.2) is 0 Å². The SMILES string of the molecule is CO[C@H]1CN(C(C)C)C[C@@H]1NC(=O)Nc1cc(-n2cnnc2)ccc1F. The van der Waals surface area contributed by atoms with Crippen molar-refractivity contribution in [3.05, 3.63) is 36.7 Å². The van der Waals surface area contributed by atoms with Crippen LogP contribution in [0.5, 0.6) is 0 Å². The quantitative estimate of drug-likeness (QED) is 0.845. The van der Waals surface area contributed by atoms with Gasteiger partial charge < -0.3 is 15.4 Å². The molecule has 2 amide bonds. The van der Waals surface area contributed by atoms with Crippen molar-refractivity contribution in [1.29, 1.82) is 0 Å². The van der Waals surface area contributed by atoms with Gasteiger partial charge in [-0.25, -0.2) is 9.18 Å². The first-order chi connectivity index (χ1) is 12.5. The number of carbonyl (C=O) groups is 1. The number of aromatic nitrogens is 3. The zero-order valence-corrected chi connectivity index (χ0v) is 15.0. The van der Waals surface area contributed by atoms with Gasteiger partial charge in [-0.3, -0.25) is 9.47 Å². The van der Waals surface area contributed by atoms with E-state index in [2.05, 4.69) is 39.6 Å². The number of ether oxygens (including phenoxy) is 1. The van der Waals surface area contributed by atoms with Crippen molar-refractivity contribution in [2.45, 2.75) is 32.0 Å². The van der Waals surface area contributed by atoms with Gasteiger partial charge in [-0.15, -0.1) is 10.2 Å². The lowest BCUT2D eigenvalue weighted by atomic mass is 10.2. The van der Waals surface area contributed by atoms with Gasteiger partial charge in [0.25, 0.3) is 0 Å². The molecule has 2 heterocycles. The monoisotopic (exact) mass is 362 g/mol. The Morgan fingerprint density at radius 1 is 1.31 bits per heavy atom. The Balaban J connectivity index is 1.67. The average molecular weight is 362 g/mol. The number of methoxy groups -OCH3 is 1. The fourth-order valence-corrected chi connectivity index (χ4v) is 3.03. The predicted octanol–water partition coefficient (Wildman–Crippen LogP) is 1.64. The maximum Gasteiger partial charge on any atom is 0.319 e. The van der Waals surface area contributed by atoms with Crippen LogP contribution in [0.2, 0.25) is 0 Å². The lowest BCUT2D eigenvalue weighted by Gasteiger charge is -2.20. The number of nitrogens with one attached hydrogen (secondary N) is 2. The number of rotatable bonds is 5. The van der Waals surface area contributed by atoms with E-state index in [1.807, 2.05) is 0 Å². The summed E-state index contributed by atoms with van der Waals surface area (Å²) in [6.45, 7) is 5.63. The van der Waals surface area contributed by atoms with Gasteiger partial charge in [-0.2, -0.15) is 0 Å². The van der Waals surface area contributed by atoms with Crippen LogP contribution in [0, 0.1) is 5.82 Å². The van der Waals surface area contributed by atoms with E-state index in [0.29, 0.717) is 18.3 Å². The normalized spacial score (nSPS) is 20.5. The van der Waals surface area contributed by atoms with Crippen molar-refractivity contribution >= 4 is 11.7 Å². The smallest absolute Gasteiger partial charge is 0.319 e. The van der Waals surface area contributed by atoms with Crippen molar-refractivity contribution in [3.8, 4) is 5.69 Å². The van der Waals surface area contributed by atoms with Crippen LogP contribution in [0.25, 0.3) is 5.69 Å². The summed E-state index contributed by atoms with van der Waals surface area (Å²) in [4.78, 5) is 14.6. The lowest BCUT2D eigenvalue weighted by molar-refractivity contribution is 0.0896. The molecule has 0 spiro atoms. The summed E-state index contributed by atoms with van der Waals surface area (Å²) in [6.07, 6.45) is 2.90.